The number of hydrogen-bond donors (Lipinski definition) is 1. The fraction of sp³-hybridized carbons (Fsp3) is 0.273. The summed E-state index contributed by atoms with van der Waals surface area (Å²) in [4.78, 5) is 21.7. The molecule has 1 N–H and O–H groups in total. The van der Waals surface area contributed by atoms with Gasteiger partial charge in [-0.2, -0.15) is 0 Å². The van der Waals surface area contributed by atoms with Crippen molar-refractivity contribution in [3.8, 4) is 11.5 Å². The number of esters is 1. The molecular formula is C11H12O5. The first-order valence-electron chi connectivity index (χ1n) is 4.73. The number of carboxylic acids is 1. The average molecular weight is 224 g/mol. The van der Waals surface area contributed by atoms with Crippen molar-refractivity contribution in [2.75, 3.05) is 6.61 Å². The number of carboxylic acid groups (broad SMARTS) is 1. The Kier molecular flexibility index (Phi) is 3.88. The van der Waals surface area contributed by atoms with Gasteiger partial charge in [0.2, 0.25) is 0 Å². The first-order valence-corrected chi connectivity index (χ1v) is 4.73. The van der Waals surface area contributed by atoms with Crippen molar-refractivity contribution in [2.24, 2.45) is 0 Å². The van der Waals surface area contributed by atoms with Gasteiger partial charge in [-0.25, -0.2) is 4.79 Å². The molecule has 1 aromatic rings. The molecule has 0 spiro atoms. The summed E-state index contributed by atoms with van der Waals surface area (Å²) in [6.07, 6.45) is 0. The van der Waals surface area contributed by atoms with Crippen LogP contribution in [0.15, 0.2) is 18.2 Å². The van der Waals surface area contributed by atoms with Crippen LogP contribution in [0.25, 0.3) is 0 Å². The van der Waals surface area contributed by atoms with Crippen LogP contribution in [-0.4, -0.2) is 23.7 Å². The fourth-order valence-electron chi connectivity index (χ4n) is 1.18. The SMILES string of the molecule is CCOc1ccc(OC(C)=O)c(C(=O)O)c1. The zero-order chi connectivity index (χ0) is 12.1. The lowest BCUT2D eigenvalue weighted by atomic mass is 10.2. The van der Waals surface area contributed by atoms with Gasteiger partial charge in [-0.3, -0.25) is 4.79 Å². The molecule has 0 saturated heterocycles. The maximum atomic E-state index is 10.9. The number of aromatic carboxylic acids is 1. The summed E-state index contributed by atoms with van der Waals surface area (Å²) < 4.78 is 9.92. The van der Waals surface area contributed by atoms with Crippen LogP contribution in [0.5, 0.6) is 11.5 Å². The monoisotopic (exact) mass is 224 g/mol. The van der Waals surface area contributed by atoms with E-state index in [4.69, 9.17) is 14.6 Å². The third kappa shape index (κ3) is 2.98. The van der Waals surface area contributed by atoms with E-state index in [1.165, 1.54) is 19.1 Å². The van der Waals surface area contributed by atoms with Crippen molar-refractivity contribution in [3.05, 3.63) is 23.8 Å². The van der Waals surface area contributed by atoms with E-state index in [1.807, 2.05) is 0 Å². The number of ether oxygens (including phenoxy) is 2. The molecule has 0 atom stereocenters. The predicted molar refractivity (Wildman–Crippen MR) is 55.9 cm³/mol. The van der Waals surface area contributed by atoms with Gasteiger partial charge >= 0.3 is 11.9 Å². The van der Waals surface area contributed by atoms with Gasteiger partial charge in [0, 0.05) is 6.92 Å². The fourth-order valence-corrected chi connectivity index (χ4v) is 1.18. The summed E-state index contributed by atoms with van der Waals surface area (Å²) >= 11 is 0. The van der Waals surface area contributed by atoms with Gasteiger partial charge < -0.3 is 14.6 Å². The smallest absolute Gasteiger partial charge is 0.339 e. The summed E-state index contributed by atoms with van der Waals surface area (Å²) in [7, 11) is 0. The largest absolute Gasteiger partial charge is 0.494 e. The highest BCUT2D eigenvalue weighted by molar-refractivity contribution is 5.92. The minimum atomic E-state index is -1.17. The van der Waals surface area contributed by atoms with E-state index in [2.05, 4.69) is 0 Å². The van der Waals surface area contributed by atoms with Crippen LogP contribution in [0.2, 0.25) is 0 Å². The zero-order valence-electron chi connectivity index (χ0n) is 9.02. The molecule has 0 aliphatic carbocycles. The Balaban J connectivity index is 3.08. The standard InChI is InChI=1S/C11H12O5/c1-3-15-8-4-5-10(16-7(2)12)9(6-8)11(13)14/h4-6H,3H2,1-2H3,(H,13,14). The molecule has 5 nitrogen and oxygen atoms in total. The zero-order valence-corrected chi connectivity index (χ0v) is 9.02. The molecule has 0 radical (unpaired) electrons. The van der Waals surface area contributed by atoms with Gasteiger partial charge in [0.05, 0.1) is 6.61 Å². The van der Waals surface area contributed by atoms with Gasteiger partial charge in [0.15, 0.2) is 0 Å². The van der Waals surface area contributed by atoms with E-state index in [9.17, 15) is 9.59 Å². The van der Waals surface area contributed by atoms with E-state index >= 15 is 0 Å². The minimum absolute atomic E-state index is 0.0171. The third-order valence-corrected chi connectivity index (χ3v) is 1.75. The van der Waals surface area contributed by atoms with Crippen LogP contribution < -0.4 is 9.47 Å². The summed E-state index contributed by atoms with van der Waals surface area (Å²) in [5, 5.41) is 8.92. The molecule has 1 rings (SSSR count). The highest BCUT2D eigenvalue weighted by Crippen LogP contribution is 2.24. The van der Waals surface area contributed by atoms with Crippen molar-refractivity contribution >= 4 is 11.9 Å². The first-order chi connectivity index (χ1) is 7.54. The molecule has 1 aromatic carbocycles. The number of benzene rings is 1. The molecule has 0 unspecified atom stereocenters. The average Bonchev–Trinajstić information content (AvgIpc) is 2.19. The van der Waals surface area contributed by atoms with Crippen LogP contribution in [0.1, 0.15) is 24.2 Å². The van der Waals surface area contributed by atoms with Crippen LogP contribution in [0, 0.1) is 0 Å². The predicted octanol–water partition coefficient (Wildman–Crippen LogP) is 1.71. The topological polar surface area (TPSA) is 72.8 Å². The van der Waals surface area contributed by atoms with Gasteiger partial charge in [-0.1, -0.05) is 0 Å². The Hall–Kier alpha value is -2.04. The van der Waals surface area contributed by atoms with Crippen LogP contribution >= 0.6 is 0 Å². The Morgan fingerprint density at radius 3 is 2.56 bits per heavy atom. The molecule has 0 aliphatic rings. The van der Waals surface area contributed by atoms with Crippen molar-refractivity contribution in [1.29, 1.82) is 0 Å². The van der Waals surface area contributed by atoms with Crippen LogP contribution in [-0.2, 0) is 4.79 Å². The van der Waals surface area contributed by atoms with E-state index < -0.39 is 11.9 Å². The molecule has 0 saturated carbocycles. The first kappa shape index (κ1) is 12.0. The second kappa shape index (κ2) is 5.16. The van der Waals surface area contributed by atoms with Gasteiger partial charge in [0.1, 0.15) is 17.1 Å². The van der Waals surface area contributed by atoms with Crippen molar-refractivity contribution in [2.45, 2.75) is 13.8 Å². The van der Waals surface area contributed by atoms with Crippen LogP contribution in [0.4, 0.5) is 0 Å². The molecule has 86 valence electrons. The highest BCUT2D eigenvalue weighted by atomic mass is 16.5. The Bertz CT molecular complexity index is 411. The molecule has 0 aliphatic heterocycles. The summed E-state index contributed by atoms with van der Waals surface area (Å²) in [6.45, 7) is 3.44. The van der Waals surface area contributed by atoms with Crippen molar-refractivity contribution in [1.82, 2.24) is 0 Å². The lowest BCUT2D eigenvalue weighted by Gasteiger charge is -2.08. The number of rotatable bonds is 4. The van der Waals surface area contributed by atoms with E-state index in [0.29, 0.717) is 12.4 Å². The summed E-state index contributed by atoms with van der Waals surface area (Å²) in [6, 6.07) is 4.27. The Labute approximate surface area is 92.6 Å². The molecular weight excluding hydrogens is 212 g/mol. The quantitative estimate of drug-likeness (QED) is 0.622. The third-order valence-electron chi connectivity index (χ3n) is 1.75. The van der Waals surface area contributed by atoms with Crippen LogP contribution in [0.3, 0.4) is 0 Å². The number of carbonyl (C=O) groups excluding carboxylic acids is 1. The van der Waals surface area contributed by atoms with E-state index in [1.54, 1.807) is 13.0 Å². The van der Waals surface area contributed by atoms with Gasteiger partial charge in [-0.05, 0) is 25.1 Å². The minimum Gasteiger partial charge on any atom is -0.494 e. The normalized spacial score (nSPS) is 9.62. The maximum absolute atomic E-state index is 10.9. The van der Waals surface area contributed by atoms with Gasteiger partial charge in [-0.15, -0.1) is 0 Å². The Morgan fingerprint density at radius 1 is 1.38 bits per heavy atom. The summed E-state index contributed by atoms with van der Waals surface area (Å²) in [5.41, 5.74) is -0.0962. The molecule has 5 heteroatoms. The van der Waals surface area contributed by atoms with Gasteiger partial charge in [0.25, 0.3) is 0 Å². The number of carbonyl (C=O) groups is 2. The van der Waals surface area contributed by atoms with Crippen molar-refractivity contribution < 1.29 is 24.2 Å². The molecule has 0 heterocycles. The lowest BCUT2D eigenvalue weighted by Crippen LogP contribution is -2.07. The molecule has 0 aromatic heterocycles. The molecule has 0 amide bonds. The van der Waals surface area contributed by atoms with E-state index in [-0.39, 0.29) is 11.3 Å². The van der Waals surface area contributed by atoms with Crippen molar-refractivity contribution in [3.63, 3.8) is 0 Å². The molecule has 0 bridgehead atoms. The molecule has 0 fully saturated rings. The maximum Gasteiger partial charge on any atom is 0.339 e. The second-order valence-electron chi connectivity index (χ2n) is 2.99. The summed E-state index contributed by atoms with van der Waals surface area (Å²) in [5.74, 6) is -1.29. The highest BCUT2D eigenvalue weighted by Gasteiger charge is 2.14. The Morgan fingerprint density at radius 2 is 2.06 bits per heavy atom. The lowest BCUT2D eigenvalue weighted by molar-refractivity contribution is -0.131. The second-order valence-corrected chi connectivity index (χ2v) is 2.99. The molecule has 16 heavy (non-hydrogen) atoms. The van der Waals surface area contributed by atoms with E-state index in [0.717, 1.165) is 0 Å². The number of hydrogen-bond acceptors (Lipinski definition) is 4.